The second-order valence-electron chi connectivity index (χ2n) is 21.5. The van der Waals surface area contributed by atoms with Gasteiger partial charge in [-0.2, -0.15) is 0 Å². The van der Waals surface area contributed by atoms with Gasteiger partial charge in [0.25, 0.3) is 11.8 Å². The highest BCUT2D eigenvalue weighted by Crippen LogP contribution is 2.35. The molecule has 5 aromatic carbocycles. The fourth-order valence-electron chi connectivity index (χ4n) is 9.85. The molecule has 0 radical (unpaired) electrons. The molecule has 8 rings (SSSR count). The SMILES string of the molecule is CCCCNc1ccc2c3c(cccc13)C(=O)N(CCN(CCCCCCN(Cc1ccc(N(C)C)cc1)Cc1ccccc1B1OCC(C)(C)CO1)Cc1ccccc1B1OCC(C)(C)CO1)C2=O. The van der Waals surface area contributed by atoms with Gasteiger partial charge in [-0.3, -0.25) is 24.3 Å². The lowest BCUT2D eigenvalue weighted by atomic mass is 9.73. The number of amides is 2. The number of carbonyl (C=O) groups excluding carboxylic acids is 2. The summed E-state index contributed by atoms with van der Waals surface area (Å²) in [4.78, 5) is 37.1. The molecule has 11 nitrogen and oxygen atoms in total. The van der Waals surface area contributed by atoms with Crippen LogP contribution in [0.1, 0.15) is 111 Å². The molecular weight excluding hydrogens is 872 g/mol. The van der Waals surface area contributed by atoms with Gasteiger partial charge in [0.2, 0.25) is 0 Å². The Kier molecular flexibility index (Phi) is 17.2. The van der Waals surface area contributed by atoms with E-state index < -0.39 is 7.12 Å². The number of hydrogen-bond donors (Lipinski definition) is 1. The Bertz CT molecular complexity index is 2510. The van der Waals surface area contributed by atoms with Crippen molar-refractivity contribution in [2.45, 2.75) is 92.8 Å². The third-order valence-corrected chi connectivity index (χ3v) is 13.9. The Morgan fingerprint density at radius 1 is 0.586 bits per heavy atom. The van der Waals surface area contributed by atoms with E-state index in [-0.39, 0.29) is 36.3 Å². The van der Waals surface area contributed by atoms with E-state index in [0.29, 0.717) is 50.6 Å². The van der Waals surface area contributed by atoms with Crippen molar-refractivity contribution < 1.29 is 28.2 Å². The molecule has 3 heterocycles. The molecule has 2 amide bonds. The van der Waals surface area contributed by atoms with Gasteiger partial charge in [-0.15, -0.1) is 0 Å². The average Bonchev–Trinajstić information content (AvgIpc) is 3.35. The van der Waals surface area contributed by atoms with E-state index >= 15 is 0 Å². The molecular formula is C57H75B2N5O6. The van der Waals surface area contributed by atoms with Gasteiger partial charge in [0.1, 0.15) is 0 Å². The van der Waals surface area contributed by atoms with Crippen molar-refractivity contribution in [3.8, 4) is 0 Å². The summed E-state index contributed by atoms with van der Waals surface area (Å²) in [6, 6.07) is 35.5. The fraction of sp³-hybridized carbons (Fsp3) is 0.474. The third kappa shape index (κ3) is 12.9. The van der Waals surface area contributed by atoms with Crippen molar-refractivity contribution in [1.82, 2.24) is 14.7 Å². The van der Waals surface area contributed by atoms with Crippen LogP contribution in [0.3, 0.4) is 0 Å². The fourth-order valence-corrected chi connectivity index (χ4v) is 9.85. The predicted molar refractivity (Wildman–Crippen MR) is 286 cm³/mol. The van der Waals surface area contributed by atoms with Crippen LogP contribution in [-0.2, 0) is 38.3 Å². The molecule has 5 aromatic rings. The van der Waals surface area contributed by atoms with E-state index in [1.807, 2.05) is 36.4 Å². The van der Waals surface area contributed by atoms with E-state index in [2.05, 4.69) is 135 Å². The number of carbonyl (C=O) groups is 2. The zero-order valence-corrected chi connectivity index (χ0v) is 42.9. The largest absolute Gasteiger partial charge is 0.494 e. The summed E-state index contributed by atoms with van der Waals surface area (Å²) in [5.74, 6) is -0.464. The maximum absolute atomic E-state index is 14.3. The van der Waals surface area contributed by atoms with Gasteiger partial charge in [0.15, 0.2) is 0 Å². The molecule has 0 spiro atoms. The van der Waals surface area contributed by atoms with Gasteiger partial charge in [0.05, 0.1) is 0 Å². The monoisotopic (exact) mass is 948 g/mol. The zero-order valence-electron chi connectivity index (χ0n) is 42.9. The first-order valence-corrected chi connectivity index (χ1v) is 25.8. The Balaban J connectivity index is 0.945. The smallest absolute Gasteiger partial charge is 0.407 e. The van der Waals surface area contributed by atoms with Crippen LogP contribution in [0.2, 0.25) is 0 Å². The van der Waals surface area contributed by atoms with Crippen LogP contribution < -0.4 is 21.1 Å². The van der Waals surface area contributed by atoms with Crippen LogP contribution in [0.15, 0.2) is 103 Å². The zero-order chi connectivity index (χ0) is 49.3. The second-order valence-corrected chi connectivity index (χ2v) is 21.5. The lowest BCUT2D eigenvalue weighted by Gasteiger charge is -2.34. The molecule has 3 aliphatic rings. The van der Waals surface area contributed by atoms with Crippen molar-refractivity contribution in [3.63, 3.8) is 0 Å². The number of imide groups is 1. The van der Waals surface area contributed by atoms with Gasteiger partial charge in [-0.1, -0.05) is 127 Å². The standard InChI is InChI=1S/C57H75B2N5O6/c1-8-9-31-60-52-30-29-49-53-47(52)21-18-22-48(53)54(65)64(55(49)66)35-34-62(37-44-19-12-14-23-50(44)58-67-39-56(2,3)40-68-58)32-16-10-11-17-33-63(36-43-25-27-46(28-26-43)61(6)7)38-45-20-13-15-24-51(45)59-69-41-57(4,5)42-70-59/h12-15,18-30,60H,8-11,16-17,31-42H2,1-7H3. The number of rotatable bonds is 23. The Morgan fingerprint density at radius 2 is 1.13 bits per heavy atom. The van der Waals surface area contributed by atoms with Gasteiger partial charge in [-0.05, 0) is 90.3 Å². The van der Waals surface area contributed by atoms with Crippen LogP contribution in [0, 0.1) is 10.8 Å². The first kappa shape index (κ1) is 51.3. The normalized spacial score (nSPS) is 16.7. The maximum atomic E-state index is 14.3. The summed E-state index contributed by atoms with van der Waals surface area (Å²) in [5, 5.41) is 5.20. The van der Waals surface area contributed by atoms with Gasteiger partial charge < -0.3 is 28.8 Å². The quantitative estimate of drug-likeness (QED) is 0.0389. The average molecular weight is 948 g/mol. The van der Waals surface area contributed by atoms with Crippen LogP contribution in [0.4, 0.5) is 11.4 Å². The van der Waals surface area contributed by atoms with E-state index in [1.54, 1.807) is 0 Å². The van der Waals surface area contributed by atoms with E-state index in [9.17, 15) is 9.59 Å². The molecule has 2 fully saturated rings. The number of unbranched alkanes of at least 4 members (excludes halogenated alkanes) is 4. The minimum atomic E-state index is -0.439. The first-order chi connectivity index (χ1) is 33.8. The number of nitrogens with zero attached hydrogens (tertiary/aromatic N) is 4. The van der Waals surface area contributed by atoms with E-state index in [1.165, 1.54) is 21.7 Å². The second kappa shape index (κ2) is 23.5. The molecule has 1 N–H and O–H groups in total. The summed E-state index contributed by atoms with van der Waals surface area (Å²) >= 11 is 0. The highest BCUT2D eigenvalue weighted by Gasteiger charge is 2.37. The summed E-state index contributed by atoms with van der Waals surface area (Å²) in [6.07, 6.45) is 6.28. The van der Waals surface area contributed by atoms with Gasteiger partial charge >= 0.3 is 14.2 Å². The molecule has 13 heteroatoms. The summed E-state index contributed by atoms with van der Waals surface area (Å²) in [5.41, 5.74) is 9.05. The third-order valence-electron chi connectivity index (χ3n) is 13.9. The number of nitrogens with one attached hydrogen (secondary N) is 1. The van der Waals surface area contributed by atoms with Crippen LogP contribution in [0.25, 0.3) is 10.8 Å². The first-order valence-electron chi connectivity index (χ1n) is 25.8. The van der Waals surface area contributed by atoms with Crippen molar-refractivity contribution in [1.29, 1.82) is 0 Å². The molecule has 0 bridgehead atoms. The molecule has 0 atom stereocenters. The predicted octanol–water partition coefficient (Wildman–Crippen LogP) is 9.02. The molecule has 70 heavy (non-hydrogen) atoms. The minimum Gasteiger partial charge on any atom is -0.407 e. The van der Waals surface area contributed by atoms with E-state index in [4.69, 9.17) is 18.6 Å². The Labute approximate surface area is 418 Å². The Morgan fingerprint density at radius 3 is 1.70 bits per heavy atom. The van der Waals surface area contributed by atoms with Crippen molar-refractivity contribution in [2.24, 2.45) is 10.8 Å². The highest BCUT2D eigenvalue weighted by atomic mass is 16.6. The van der Waals surface area contributed by atoms with Crippen LogP contribution in [-0.4, -0.2) is 114 Å². The lowest BCUT2D eigenvalue weighted by Crippen LogP contribution is -2.49. The summed E-state index contributed by atoms with van der Waals surface area (Å²) < 4.78 is 25.2. The highest BCUT2D eigenvalue weighted by molar-refractivity contribution is 6.62. The number of anilines is 2. The Hall–Kier alpha value is -5.01. The van der Waals surface area contributed by atoms with Crippen molar-refractivity contribution >= 4 is 59.1 Å². The molecule has 3 aliphatic heterocycles. The van der Waals surface area contributed by atoms with E-state index in [0.717, 1.165) is 104 Å². The number of benzene rings is 5. The minimum absolute atomic E-state index is 0.00148. The summed E-state index contributed by atoms with van der Waals surface area (Å²) in [7, 11) is 3.35. The van der Waals surface area contributed by atoms with Crippen LogP contribution >= 0.6 is 0 Å². The molecule has 2 saturated heterocycles. The molecule has 0 saturated carbocycles. The molecule has 0 aromatic heterocycles. The molecule has 0 unspecified atom stereocenters. The summed E-state index contributed by atoms with van der Waals surface area (Å²) in [6.45, 7) is 19.1. The van der Waals surface area contributed by atoms with Crippen molar-refractivity contribution in [2.75, 3.05) is 83.5 Å². The van der Waals surface area contributed by atoms with Crippen molar-refractivity contribution in [3.05, 3.63) is 131 Å². The number of hydrogen-bond acceptors (Lipinski definition) is 10. The topological polar surface area (TPSA) is 96.1 Å². The molecule has 370 valence electrons. The van der Waals surface area contributed by atoms with Crippen LogP contribution in [0.5, 0.6) is 0 Å². The molecule has 0 aliphatic carbocycles. The van der Waals surface area contributed by atoms with Gasteiger partial charge in [0, 0.05) is 124 Å². The maximum Gasteiger partial charge on any atom is 0.494 e. The van der Waals surface area contributed by atoms with Gasteiger partial charge in [-0.25, -0.2) is 0 Å². The lowest BCUT2D eigenvalue weighted by molar-refractivity contribution is 0.0341.